The molecule has 704 valence electrons. The van der Waals surface area contributed by atoms with Crippen LogP contribution in [0.5, 0.6) is 0 Å². The smallest absolute Gasteiger partial charge is 0.135 e. The molecule has 0 aliphatic rings. The molecule has 8 nitrogen and oxygen atoms in total. The summed E-state index contributed by atoms with van der Waals surface area (Å²) < 4.78 is 53.3. The average Bonchev–Trinajstić information content (AvgIpc) is 1.58. The van der Waals surface area contributed by atoms with Gasteiger partial charge in [-0.15, -0.1) is 68.0 Å². The lowest BCUT2D eigenvalue weighted by molar-refractivity contribution is 0.669. The molecule has 8 heterocycles. The summed E-state index contributed by atoms with van der Waals surface area (Å²) in [5.74, 6) is 0. The molecular weight excluding hydrogens is 1990 g/mol. The van der Waals surface area contributed by atoms with Gasteiger partial charge in [0.2, 0.25) is 0 Å². The standard InChI is InChI=1S/C48H29ClN2OS2.C42H27ClN2S2.C41H26ClN3S2/c49-42-29-35(28-41-37-16-8-10-18-45(37)54-48(41)42)51(32-19-22-44-38(25-32)36-15-7-9-17-43(36)52-44)34-21-24-47-40(27-34)39-26-33(20-23-46(39)53-47)50(30-11-3-1-4-12-30)31-13-5-2-6-14-31;43-37-25-33(27-41-42(37)35-18-10-11-19-38(35)47-41)45(30-16-8-3-9-17-30)32-20-22-34-36-24-31(21-23-39(36)46-40(34)26-32)44(28-12-4-1-5-13-28)29-14-6-2-7-15-29;42-27-23-35-32-16-7-8-19-38(32)46-41(35)37(24-27)45(29-13-5-2-6-14-29)36-18-9-17-33-34-25-30(20-21-39(34)47-40(33)36)44(28-11-3-1-4-12-28)31-15-10-22-43-26-31/h1-29H;1-27H;1-26H/i;10D,11D,18D,19D;. The molecule has 21 aromatic carbocycles. The lowest BCUT2D eigenvalue weighted by atomic mass is 10.1. The summed E-state index contributed by atoms with van der Waals surface area (Å²) in [7, 11) is 0. The van der Waals surface area contributed by atoms with E-state index in [4.69, 9.17) is 44.7 Å². The van der Waals surface area contributed by atoms with Gasteiger partial charge in [-0.05, 0) is 267 Å². The molecule has 0 N–H and O–H groups in total. The second-order valence-corrected chi connectivity index (χ2v) is 43.7. The summed E-state index contributed by atoms with van der Waals surface area (Å²) >= 11 is 31.4. The Hall–Kier alpha value is -16.4. The van der Waals surface area contributed by atoms with E-state index in [2.05, 4.69) is 429 Å². The predicted molar refractivity (Wildman–Crippen MR) is 645 cm³/mol. The van der Waals surface area contributed by atoms with Crippen LogP contribution in [0.4, 0.5) is 102 Å². The number of fused-ring (bicyclic) bond motifs is 21. The molecule has 0 amide bonds. The van der Waals surface area contributed by atoms with Gasteiger partial charge in [0.05, 0.1) is 52.9 Å². The molecule has 0 aliphatic carbocycles. The van der Waals surface area contributed by atoms with Crippen LogP contribution in [-0.2, 0) is 0 Å². The van der Waals surface area contributed by atoms with E-state index in [9.17, 15) is 0 Å². The Balaban J connectivity index is 0.000000112. The third-order valence-corrected chi connectivity index (χ3v) is 35.1. The van der Waals surface area contributed by atoms with Crippen molar-refractivity contribution in [2.75, 3.05) is 29.4 Å². The molecule has 29 aromatic rings. The van der Waals surface area contributed by atoms with Crippen molar-refractivity contribution in [2.24, 2.45) is 0 Å². The van der Waals surface area contributed by atoms with E-state index >= 15 is 0 Å². The highest BCUT2D eigenvalue weighted by Crippen LogP contribution is 2.55. The first-order valence-corrected chi connectivity index (χ1v) is 54.5. The molecule has 0 aliphatic heterocycles. The van der Waals surface area contributed by atoms with Crippen LogP contribution in [0.3, 0.4) is 0 Å². The molecule has 0 unspecified atom stereocenters. The second kappa shape index (κ2) is 38.5. The zero-order valence-electron chi connectivity index (χ0n) is 82.7. The number of rotatable bonds is 18. The first-order chi connectivity index (χ1) is 74.8. The number of benzene rings is 21. The summed E-state index contributed by atoms with van der Waals surface area (Å²) in [5, 5.41) is 17.2. The molecule has 0 bridgehead atoms. The molecule has 29 rings (SSSR count). The van der Waals surface area contributed by atoms with Crippen LogP contribution in [-0.4, -0.2) is 4.98 Å². The minimum Gasteiger partial charge on any atom is -0.456 e. The number of para-hydroxylation sites is 8. The molecule has 8 aromatic heterocycles. The SMILES string of the molecule is Clc1cc(N(c2ccc3oc4ccccc4c3c2)c2ccc3sc4ccc(N(c5ccccc5)c5ccccc5)cc4c3c2)cc2c1sc1ccccc12.Clc1cc(N(c2ccccc2)c2cccc3c2sc2ccc(N(c4ccccc4)c4cccnc4)cc23)c2sc3ccccc3c2c1.[2H]c1c([2H])c([2H])c2c(sc3cc(N(c4ccccc4)c4ccc5c(c4)sc4ccc(N(c6ccccc6)c6ccccc6)cc45)cc(Cl)c32)c1[2H]. The number of anilines is 18. The van der Waals surface area contributed by atoms with Gasteiger partial charge in [-0.25, -0.2) is 0 Å². The van der Waals surface area contributed by atoms with Gasteiger partial charge in [0, 0.05) is 214 Å². The number of furan rings is 1. The predicted octanol–water partition coefficient (Wildman–Crippen LogP) is 43.3. The molecular formula is C131H82Cl3N7OS6. The fourth-order valence-corrected chi connectivity index (χ4v) is 28.3. The topological polar surface area (TPSA) is 45.5 Å². The first kappa shape index (κ1) is 85.9. The van der Waals surface area contributed by atoms with Crippen molar-refractivity contribution in [1.29, 1.82) is 0 Å². The van der Waals surface area contributed by atoms with Crippen molar-refractivity contribution < 1.29 is 9.90 Å². The molecule has 17 heteroatoms. The van der Waals surface area contributed by atoms with E-state index in [0.717, 1.165) is 154 Å². The molecule has 0 radical (unpaired) electrons. The highest BCUT2D eigenvalue weighted by atomic mass is 35.5. The van der Waals surface area contributed by atoms with Gasteiger partial charge in [0.15, 0.2) is 0 Å². The van der Waals surface area contributed by atoms with E-state index in [0.29, 0.717) is 20.5 Å². The number of thiophene rings is 6. The Kier molecular flexibility index (Phi) is 22.4. The van der Waals surface area contributed by atoms with Crippen LogP contribution >= 0.6 is 103 Å². The maximum Gasteiger partial charge on any atom is 0.135 e. The minimum absolute atomic E-state index is 0.0428. The molecule has 0 saturated carbocycles. The van der Waals surface area contributed by atoms with Crippen LogP contribution in [0.1, 0.15) is 5.48 Å². The lowest BCUT2D eigenvalue weighted by Gasteiger charge is -2.27. The highest BCUT2D eigenvalue weighted by molar-refractivity contribution is 7.28. The number of hydrogen-bond donors (Lipinski definition) is 0. The van der Waals surface area contributed by atoms with Gasteiger partial charge in [0.25, 0.3) is 0 Å². The van der Waals surface area contributed by atoms with Crippen molar-refractivity contribution in [3.63, 3.8) is 0 Å². The monoisotopic (exact) mass is 2070 g/mol. The molecule has 148 heavy (non-hydrogen) atoms. The van der Waals surface area contributed by atoms with Crippen molar-refractivity contribution in [1.82, 2.24) is 4.98 Å². The first-order valence-electron chi connectivity index (χ1n) is 50.5. The van der Waals surface area contributed by atoms with Crippen molar-refractivity contribution in [3.8, 4) is 0 Å². The van der Waals surface area contributed by atoms with E-state index < -0.39 is 0 Å². The normalized spacial score (nSPS) is 12.0. The molecule has 0 spiro atoms. The molecule has 0 saturated heterocycles. The van der Waals surface area contributed by atoms with Gasteiger partial charge in [-0.3, -0.25) is 4.98 Å². The van der Waals surface area contributed by atoms with Gasteiger partial charge in [0.1, 0.15) is 11.2 Å². The van der Waals surface area contributed by atoms with Crippen molar-refractivity contribution in [3.05, 3.63) is 513 Å². The summed E-state index contributed by atoms with van der Waals surface area (Å²) in [4.78, 5) is 18.2. The van der Waals surface area contributed by atoms with Gasteiger partial charge in [-0.1, -0.05) is 253 Å². The maximum absolute atomic E-state index is 8.62. The quantitative estimate of drug-likeness (QED) is 0.0842. The third-order valence-electron chi connectivity index (χ3n) is 27.2. The Morgan fingerprint density at radius 2 is 0.561 bits per heavy atom. The summed E-state index contributed by atoms with van der Waals surface area (Å²) in [5.41, 5.74) is 20.7. The lowest BCUT2D eigenvalue weighted by Crippen LogP contribution is -2.10. The maximum atomic E-state index is 8.62. The highest BCUT2D eigenvalue weighted by Gasteiger charge is 2.28. The van der Waals surface area contributed by atoms with Crippen LogP contribution in [0, 0.1) is 0 Å². The number of pyridine rings is 1. The van der Waals surface area contributed by atoms with Crippen LogP contribution < -0.4 is 29.4 Å². The van der Waals surface area contributed by atoms with Crippen LogP contribution in [0.25, 0.3) is 143 Å². The zero-order chi connectivity index (χ0) is 102. The number of hydrogen-bond acceptors (Lipinski definition) is 14. The fraction of sp³-hybridized carbons (Fsp3) is 0. The Labute approximate surface area is 897 Å². The van der Waals surface area contributed by atoms with E-state index in [1.807, 2.05) is 113 Å². The molecule has 0 atom stereocenters. The summed E-state index contributed by atoms with van der Waals surface area (Å²) in [6, 6.07) is 162. The number of halogens is 3. The van der Waals surface area contributed by atoms with Gasteiger partial charge in [-0.2, -0.15) is 0 Å². The zero-order valence-corrected chi connectivity index (χ0v) is 85.8. The fourth-order valence-electron chi connectivity index (χ4n) is 20.7. The van der Waals surface area contributed by atoms with Gasteiger partial charge >= 0.3 is 0 Å². The van der Waals surface area contributed by atoms with Crippen molar-refractivity contribution in [2.45, 2.75) is 0 Å². The number of aromatic nitrogens is 1. The van der Waals surface area contributed by atoms with E-state index in [-0.39, 0.29) is 24.2 Å². The van der Waals surface area contributed by atoms with Crippen LogP contribution in [0.2, 0.25) is 15.1 Å². The Morgan fingerprint density at radius 1 is 0.203 bits per heavy atom. The summed E-state index contributed by atoms with van der Waals surface area (Å²) in [6.45, 7) is 0. The van der Waals surface area contributed by atoms with Crippen LogP contribution in [0.15, 0.2) is 502 Å². The Morgan fingerprint density at radius 3 is 1.11 bits per heavy atom. The minimum atomic E-state index is -0.255. The summed E-state index contributed by atoms with van der Waals surface area (Å²) in [6.07, 6.45) is 3.73. The third kappa shape index (κ3) is 16.6. The Bertz CT molecular complexity index is 10300. The largest absolute Gasteiger partial charge is 0.456 e. The van der Waals surface area contributed by atoms with E-state index in [1.54, 1.807) is 22.7 Å². The second-order valence-electron chi connectivity index (χ2n) is 36.1. The van der Waals surface area contributed by atoms with Crippen molar-refractivity contribution >= 4 is 348 Å². The molecule has 0 fully saturated rings. The number of nitrogens with zero attached hydrogens (tertiary/aromatic N) is 7. The van der Waals surface area contributed by atoms with Gasteiger partial charge < -0.3 is 33.8 Å². The van der Waals surface area contributed by atoms with E-state index in [1.165, 1.54) is 97.4 Å². The average molecular weight is 2070 g/mol.